The monoisotopic (exact) mass is 297 g/mol. The predicted molar refractivity (Wildman–Crippen MR) is 84.0 cm³/mol. The van der Waals surface area contributed by atoms with Crippen LogP contribution in [0.4, 0.5) is 10.8 Å². The Morgan fingerprint density at radius 1 is 1.47 bits per heavy atom. The van der Waals surface area contributed by atoms with Crippen molar-refractivity contribution >= 4 is 33.7 Å². The van der Waals surface area contributed by atoms with Gasteiger partial charge in [0.1, 0.15) is 10.8 Å². The molecule has 0 saturated heterocycles. The van der Waals surface area contributed by atoms with Gasteiger partial charge in [0, 0.05) is 18.0 Å². The van der Waals surface area contributed by atoms with Gasteiger partial charge in [-0.25, -0.2) is 4.98 Å². The lowest BCUT2D eigenvalue weighted by Gasteiger charge is -2.18. The molecule has 0 aliphatic rings. The Labute approximate surface area is 121 Å². The molecule has 0 aliphatic carbocycles. The molecule has 1 unspecified atom stereocenters. The van der Waals surface area contributed by atoms with Gasteiger partial charge in [0.2, 0.25) is 0 Å². The Morgan fingerprint density at radius 2 is 2.21 bits per heavy atom. The number of thiazole rings is 1. The maximum absolute atomic E-state index is 5.97. The van der Waals surface area contributed by atoms with Crippen molar-refractivity contribution in [1.29, 1.82) is 0 Å². The van der Waals surface area contributed by atoms with E-state index in [-0.39, 0.29) is 0 Å². The third-order valence-corrected chi connectivity index (χ3v) is 4.18. The molecule has 0 saturated carbocycles. The molecule has 5 nitrogen and oxygen atoms in total. The summed E-state index contributed by atoms with van der Waals surface area (Å²) in [6.45, 7) is 5.09. The lowest BCUT2D eigenvalue weighted by atomic mass is 10.2. The van der Waals surface area contributed by atoms with E-state index in [9.17, 15) is 0 Å². The average Bonchev–Trinajstić information content (AvgIpc) is 2.84. The summed E-state index contributed by atoms with van der Waals surface area (Å²) in [4.78, 5) is 6.65. The number of hydrogen-bond donors (Lipinski definition) is 2. The van der Waals surface area contributed by atoms with Crippen LogP contribution in [-0.4, -0.2) is 40.9 Å². The molecule has 7 heteroatoms. The number of nitrogen functional groups attached to an aromatic ring is 1. The summed E-state index contributed by atoms with van der Waals surface area (Å²) >= 11 is 3.02. The van der Waals surface area contributed by atoms with E-state index in [2.05, 4.69) is 40.6 Å². The minimum Gasteiger partial charge on any atom is -0.382 e. The number of likely N-dealkylation sites (N-methyl/N-ethyl adjacent to an activating group) is 1. The molecule has 0 spiro atoms. The van der Waals surface area contributed by atoms with E-state index in [1.807, 2.05) is 12.3 Å². The first-order valence-electron chi connectivity index (χ1n) is 6.06. The highest BCUT2D eigenvalue weighted by Crippen LogP contribution is 2.37. The first-order valence-corrected chi connectivity index (χ1v) is 7.71. The predicted octanol–water partition coefficient (Wildman–Crippen LogP) is 2.52. The standard InChI is InChI=1S/C12H19N5S2/c1-7(5-17(3)4)14-12-10(11(13)16-19-12)9-6-18-8(2)15-9/h6-7,14H,5H2,1-4H3,(H2,13,16). The Morgan fingerprint density at radius 3 is 2.79 bits per heavy atom. The highest BCUT2D eigenvalue weighted by Gasteiger charge is 2.17. The van der Waals surface area contributed by atoms with E-state index >= 15 is 0 Å². The second-order valence-corrected chi connectivity index (χ2v) is 6.67. The highest BCUT2D eigenvalue weighted by molar-refractivity contribution is 7.11. The summed E-state index contributed by atoms with van der Waals surface area (Å²) in [5, 5.41) is 7.53. The summed E-state index contributed by atoms with van der Waals surface area (Å²) in [6.07, 6.45) is 0. The second-order valence-electron chi connectivity index (χ2n) is 4.83. The molecule has 0 aromatic carbocycles. The zero-order valence-corrected chi connectivity index (χ0v) is 13.2. The van der Waals surface area contributed by atoms with Crippen molar-refractivity contribution in [3.05, 3.63) is 10.4 Å². The van der Waals surface area contributed by atoms with Crippen LogP contribution >= 0.6 is 22.9 Å². The van der Waals surface area contributed by atoms with Gasteiger partial charge in [-0.1, -0.05) is 0 Å². The number of nitrogens with zero attached hydrogens (tertiary/aromatic N) is 3. The third kappa shape index (κ3) is 3.43. The van der Waals surface area contributed by atoms with Gasteiger partial charge >= 0.3 is 0 Å². The SMILES string of the molecule is Cc1nc(-c2c(N)nsc2NC(C)CN(C)C)cs1. The molecule has 0 amide bonds. The van der Waals surface area contributed by atoms with Gasteiger partial charge in [0.25, 0.3) is 0 Å². The number of aryl methyl sites for hydroxylation is 1. The van der Waals surface area contributed by atoms with Gasteiger partial charge in [0.15, 0.2) is 0 Å². The number of aromatic nitrogens is 2. The van der Waals surface area contributed by atoms with Gasteiger partial charge in [-0.2, -0.15) is 4.37 Å². The molecular weight excluding hydrogens is 278 g/mol. The maximum Gasteiger partial charge on any atom is 0.148 e. The van der Waals surface area contributed by atoms with Crippen LogP contribution in [0.15, 0.2) is 5.38 Å². The lowest BCUT2D eigenvalue weighted by molar-refractivity contribution is 0.392. The van der Waals surface area contributed by atoms with Crippen molar-refractivity contribution in [1.82, 2.24) is 14.3 Å². The topological polar surface area (TPSA) is 67.1 Å². The molecule has 0 fully saturated rings. The van der Waals surface area contributed by atoms with Crippen LogP contribution in [0, 0.1) is 6.92 Å². The summed E-state index contributed by atoms with van der Waals surface area (Å²) in [5.41, 5.74) is 7.81. The van der Waals surface area contributed by atoms with Gasteiger partial charge < -0.3 is 16.0 Å². The van der Waals surface area contributed by atoms with Crippen LogP contribution < -0.4 is 11.1 Å². The summed E-state index contributed by atoms with van der Waals surface area (Å²) < 4.78 is 4.24. The molecular formula is C12H19N5S2. The van der Waals surface area contributed by atoms with Crippen LogP contribution in [0.25, 0.3) is 11.3 Å². The smallest absolute Gasteiger partial charge is 0.148 e. The van der Waals surface area contributed by atoms with E-state index < -0.39 is 0 Å². The largest absolute Gasteiger partial charge is 0.382 e. The summed E-state index contributed by atoms with van der Waals surface area (Å²) in [6, 6.07) is 0.327. The minimum absolute atomic E-state index is 0.327. The number of nitrogens with one attached hydrogen (secondary N) is 1. The fourth-order valence-electron chi connectivity index (χ4n) is 1.94. The molecule has 19 heavy (non-hydrogen) atoms. The van der Waals surface area contributed by atoms with E-state index in [0.717, 1.165) is 27.8 Å². The molecule has 2 rings (SSSR count). The molecule has 0 bridgehead atoms. The van der Waals surface area contributed by atoms with Crippen molar-refractivity contribution in [2.24, 2.45) is 0 Å². The first kappa shape index (κ1) is 14.2. The van der Waals surface area contributed by atoms with Crippen LogP contribution in [0.2, 0.25) is 0 Å². The van der Waals surface area contributed by atoms with Crippen LogP contribution in [-0.2, 0) is 0 Å². The lowest BCUT2D eigenvalue weighted by Crippen LogP contribution is -2.29. The fourth-order valence-corrected chi connectivity index (χ4v) is 3.38. The zero-order chi connectivity index (χ0) is 14.0. The minimum atomic E-state index is 0.327. The van der Waals surface area contributed by atoms with E-state index in [1.54, 1.807) is 11.3 Å². The summed E-state index contributed by atoms with van der Waals surface area (Å²) in [7, 11) is 4.12. The molecule has 0 radical (unpaired) electrons. The highest BCUT2D eigenvalue weighted by atomic mass is 32.1. The molecule has 0 aliphatic heterocycles. The molecule has 2 heterocycles. The van der Waals surface area contributed by atoms with Crippen LogP contribution in [0.5, 0.6) is 0 Å². The first-order chi connectivity index (χ1) is 8.97. The molecule has 104 valence electrons. The van der Waals surface area contributed by atoms with Gasteiger partial charge in [0.05, 0.1) is 16.3 Å². The third-order valence-electron chi connectivity index (χ3n) is 2.61. The molecule has 3 N–H and O–H groups in total. The van der Waals surface area contributed by atoms with Crippen molar-refractivity contribution < 1.29 is 0 Å². The fraction of sp³-hybridized carbons (Fsp3) is 0.500. The Kier molecular flexibility index (Phi) is 4.38. The molecule has 2 aromatic rings. The number of anilines is 2. The molecule has 2 aromatic heterocycles. The van der Waals surface area contributed by atoms with Gasteiger partial charge in [-0.05, 0) is 39.5 Å². The van der Waals surface area contributed by atoms with E-state index in [4.69, 9.17) is 5.73 Å². The van der Waals surface area contributed by atoms with Crippen molar-refractivity contribution in [2.45, 2.75) is 19.9 Å². The number of nitrogens with two attached hydrogens (primary N) is 1. The van der Waals surface area contributed by atoms with Crippen molar-refractivity contribution in [3.63, 3.8) is 0 Å². The summed E-state index contributed by atoms with van der Waals surface area (Å²) in [5.74, 6) is 0.551. The normalized spacial score (nSPS) is 12.9. The van der Waals surface area contributed by atoms with Gasteiger partial charge in [-0.3, -0.25) is 0 Å². The average molecular weight is 297 g/mol. The maximum atomic E-state index is 5.97. The van der Waals surface area contributed by atoms with Crippen LogP contribution in [0.3, 0.4) is 0 Å². The number of hydrogen-bond acceptors (Lipinski definition) is 7. The zero-order valence-electron chi connectivity index (χ0n) is 11.6. The Balaban J connectivity index is 2.23. The van der Waals surface area contributed by atoms with Crippen LogP contribution in [0.1, 0.15) is 11.9 Å². The van der Waals surface area contributed by atoms with Crippen molar-refractivity contribution in [2.75, 3.05) is 31.7 Å². The van der Waals surface area contributed by atoms with Gasteiger partial charge in [-0.15, -0.1) is 11.3 Å². The van der Waals surface area contributed by atoms with E-state index in [0.29, 0.717) is 11.9 Å². The Bertz CT molecular complexity index is 546. The quantitative estimate of drug-likeness (QED) is 0.887. The second kappa shape index (κ2) is 5.85. The molecule has 1 atom stereocenters. The van der Waals surface area contributed by atoms with E-state index in [1.165, 1.54) is 11.5 Å². The number of rotatable bonds is 5. The van der Waals surface area contributed by atoms with Crippen molar-refractivity contribution in [3.8, 4) is 11.3 Å². The Hall–Kier alpha value is -1.18.